The zero-order chi connectivity index (χ0) is 11.6. The Kier molecular flexibility index (Phi) is 7.23. The smallest absolute Gasteiger partial charge is 0.305 e. The maximum Gasteiger partial charge on any atom is 0.305 e. The van der Waals surface area contributed by atoms with Gasteiger partial charge < -0.3 is 10.1 Å². The Labute approximate surface area is 98.9 Å². The van der Waals surface area contributed by atoms with E-state index in [1.807, 2.05) is 0 Å². The van der Waals surface area contributed by atoms with Crippen molar-refractivity contribution in [3.63, 3.8) is 0 Å². The highest BCUT2D eigenvalue weighted by Gasteiger charge is 2.14. The predicted octanol–water partition coefficient (Wildman–Crippen LogP) is 2.64. The predicted molar refractivity (Wildman–Crippen MR) is 65.4 cm³/mol. The minimum Gasteiger partial charge on any atom is -0.466 e. The van der Waals surface area contributed by atoms with E-state index in [0.717, 1.165) is 25.8 Å². The maximum absolute atomic E-state index is 11.4. The lowest BCUT2D eigenvalue weighted by molar-refractivity contribution is -0.144. The van der Waals surface area contributed by atoms with Crippen molar-refractivity contribution in [2.24, 2.45) is 0 Å². The second-order valence-corrected chi connectivity index (χ2v) is 4.61. The van der Waals surface area contributed by atoms with Crippen molar-refractivity contribution < 1.29 is 9.53 Å². The number of unbranched alkanes of at least 4 members (excludes halogenated alkanes) is 2. The van der Waals surface area contributed by atoms with Gasteiger partial charge in [0.2, 0.25) is 0 Å². The lowest BCUT2D eigenvalue weighted by Crippen LogP contribution is -2.34. The molecule has 0 saturated carbocycles. The Morgan fingerprint density at radius 2 is 2.25 bits per heavy atom. The first-order valence-corrected chi connectivity index (χ1v) is 6.72. The molecule has 1 atom stereocenters. The molecule has 16 heavy (non-hydrogen) atoms. The third-order valence-corrected chi connectivity index (χ3v) is 3.12. The van der Waals surface area contributed by atoms with Crippen LogP contribution in [-0.2, 0) is 9.53 Å². The number of carbonyl (C=O) groups excluding carboxylic acids is 1. The van der Waals surface area contributed by atoms with Gasteiger partial charge in [-0.1, -0.05) is 26.2 Å². The summed E-state index contributed by atoms with van der Waals surface area (Å²) in [5.74, 6) is -0.0246. The topological polar surface area (TPSA) is 38.3 Å². The maximum atomic E-state index is 11.4. The largest absolute Gasteiger partial charge is 0.466 e. The summed E-state index contributed by atoms with van der Waals surface area (Å²) in [6.07, 6.45) is 8.62. The number of rotatable bonds is 7. The number of ether oxygens (including phenoxy) is 1. The molecule has 0 aromatic heterocycles. The van der Waals surface area contributed by atoms with Crippen molar-refractivity contribution in [1.29, 1.82) is 0 Å². The van der Waals surface area contributed by atoms with E-state index in [4.69, 9.17) is 4.74 Å². The van der Waals surface area contributed by atoms with Crippen LogP contribution in [0.3, 0.4) is 0 Å². The molecule has 0 bridgehead atoms. The average Bonchev–Trinajstić information content (AvgIpc) is 2.33. The van der Waals surface area contributed by atoms with Crippen molar-refractivity contribution >= 4 is 5.97 Å². The zero-order valence-corrected chi connectivity index (χ0v) is 10.5. The van der Waals surface area contributed by atoms with Gasteiger partial charge in [-0.3, -0.25) is 4.79 Å². The van der Waals surface area contributed by atoms with E-state index in [0.29, 0.717) is 19.1 Å². The highest BCUT2D eigenvalue weighted by molar-refractivity contribution is 5.69. The lowest BCUT2D eigenvalue weighted by atomic mass is 10.0. The summed E-state index contributed by atoms with van der Waals surface area (Å²) in [5, 5.41) is 3.44. The number of carbonyl (C=O) groups is 1. The van der Waals surface area contributed by atoms with Crippen LogP contribution in [0.15, 0.2) is 0 Å². The molecule has 3 nitrogen and oxygen atoms in total. The molecule has 1 unspecified atom stereocenters. The van der Waals surface area contributed by atoms with Crippen molar-refractivity contribution in [1.82, 2.24) is 5.32 Å². The Morgan fingerprint density at radius 1 is 1.38 bits per heavy atom. The molecule has 1 aliphatic heterocycles. The molecule has 0 spiro atoms. The molecule has 1 saturated heterocycles. The van der Waals surface area contributed by atoms with Gasteiger partial charge in [-0.15, -0.1) is 0 Å². The van der Waals surface area contributed by atoms with Gasteiger partial charge in [-0.25, -0.2) is 0 Å². The van der Waals surface area contributed by atoms with E-state index < -0.39 is 0 Å². The van der Waals surface area contributed by atoms with E-state index in [1.54, 1.807) is 0 Å². The second-order valence-electron chi connectivity index (χ2n) is 4.61. The van der Waals surface area contributed by atoms with Gasteiger partial charge >= 0.3 is 5.97 Å². The number of hydrogen-bond acceptors (Lipinski definition) is 3. The average molecular weight is 227 g/mol. The first-order valence-electron chi connectivity index (χ1n) is 6.72. The van der Waals surface area contributed by atoms with Gasteiger partial charge in [-0.2, -0.15) is 0 Å². The van der Waals surface area contributed by atoms with Gasteiger partial charge in [0, 0.05) is 12.5 Å². The monoisotopic (exact) mass is 227 g/mol. The van der Waals surface area contributed by atoms with Crippen LogP contribution in [0.5, 0.6) is 0 Å². The third kappa shape index (κ3) is 6.11. The highest BCUT2D eigenvalue weighted by atomic mass is 16.5. The Morgan fingerprint density at radius 3 is 2.94 bits per heavy atom. The molecule has 0 radical (unpaired) electrons. The van der Waals surface area contributed by atoms with E-state index in [-0.39, 0.29) is 5.97 Å². The molecule has 3 heteroatoms. The first kappa shape index (κ1) is 13.5. The Bertz CT molecular complexity index is 188. The first-order chi connectivity index (χ1) is 7.83. The lowest BCUT2D eigenvalue weighted by Gasteiger charge is -2.22. The van der Waals surface area contributed by atoms with Gasteiger partial charge in [0.1, 0.15) is 0 Å². The minimum absolute atomic E-state index is 0.0246. The normalized spacial score (nSPS) is 20.7. The van der Waals surface area contributed by atoms with Crippen LogP contribution in [0.4, 0.5) is 0 Å². The molecular weight excluding hydrogens is 202 g/mol. The number of hydrogen-bond donors (Lipinski definition) is 1. The van der Waals surface area contributed by atoms with Gasteiger partial charge in [0.05, 0.1) is 6.61 Å². The van der Waals surface area contributed by atoms with E-state index in [1.165, 1.54) is 25.7 Å². The van der Waals surface area contributed by atoms with Gasteiger partial charge in [-0.05, 0) is 32.2 Å². The zero-order valence-electron chi connectivity index (χ0n) is 10.5. The molecule has 0 aromatic rings. The molecule has 0 aromatic carbocycles. The molecule has 1 aliphatic rings. The van der Waals surface area contributed by atoms with Crippen molar-refractivity contribution in [3.05, 3.63) is 0 Å². The van der Waals surface area contributed by atoms with Crippen LogP contribution in [0.2, 0.25) is 0 Å². The number of esters is 1. The van der Waals surface area contributed by atoms with Crippen LogP contribution >= 0.6 is 0 Å². The van der Waals surface area contributed by atoms with Gasteiger partial charge in [0.25, 0.3) is 0 Å². The van der Waals surface area contributed by atoms with E-state index >= 15 is 0 Å². The summed E-state index contributed by atoms with van der Waals surface area (Å²) in [4.78, 5) is 11.4. The van der Waals surface area contributed by atoms with E-state index in [2.05, 4.69) is 12.2 Å². The standard InChI is InChI=1S/C13H25NO2/c1-2-3-6-11-16-13(15)9-8-12-7-4-5-10-14-12/h12,14H,2-11H2,1H3. The van der Waals surface area contributed by atoms with Crippen molar-refractivity contribution in [2.75, 3.05) is 13.2 Å². The quantitative estimate of drug-likeness (QED) is 0.537. The molecule has 0 aliphatic carbocycles. The molecule has 1 fully saturated rings. The fraction of sp³-hybridized carbons (Fsp3) is 0.923. The number of piperidine rings is 1. The summed E-state index contributed by atoms with van der Waals surface area (Å²) < 4.78 is 5.17. The van der Waals surface area contributed by atoms with E-state index in [9.17, 15) is 4.79 Å². The molecule has 1 N–H and O–H groups in total. The van der Waals surface area contributed by atoms with Crippen LogP contribution in [0.25, 0.3) is 0 Å². The minimum atomic E-state index is -0.0246. The van der Waals surface area contributed by atoms with Crippen molar-refractivity contribution in [2.45, 2.75) is 64.3 Å². The molecule has 0 amide bonds. The summed E-state index contributed by atoms with van der Waals surface area (Å²) in [5.41, 5.74) is 0. The number of nitrogens with one attached hydrogen (secondary N) is 1. The molecule has 1 heterocycles. The Hall–Kier alpha value is -0.570. The van der Waals surface area contributed by atoms with Crippen LogP contribution in [0, 0.1) is 0 Å². The summed E-state index contributed by atoms with van der Waals surface area (Å²) in [7, 11) is 0. The third-order valence-electron chi connectivity index (χ3n) is 3.12. The van der Waals surface area contributed by atoms with Gasteiger partial charge in [0.15, 0.2) is 0 Å². The van der Waals surface area contributed by atoms with Crippen molar-refractivity contribution in [3.8, 4) is 0 Å². The second kappa shape index (κ2) is 8.57. The fourth-order valence-electron chi connectivity index (χ4n) is 2.07. The molecular formula is C13H25NO2. The highest BCUT2D eigenvalue weighted by Crippen LogP contribution is 2.12. The fourth-order valence-corrected chi connectivity index (χ4v) is 2.07. The summed E-state index contributed by atoms with van der Waals surface area (Å²) in [6.45, 7) is 3.86. The summed E-state index contributed by atoms with van der Waals surface area (Å²) >= 11 is 0. The SMILES string of the molecule is CCCCCOC(=O)CCC1CCCCN1. The molecule has 94 valence electrons. The summed E-state index contributed by atoms with van der Waals surface area (Å²) in [6, 6.07) is 0.539. The Balaban J connectivity index is 1.96. The molecule has 1 rings (SSSR count). The van der Waals surface area contributed by atoms with Crippen LogP contribution in [-0.4, -0.2) is 25.2 Å². The van der Waals surface area contributed by atoms with Crippen LogP contribution < -0.4 is 5.32 Å². The van der Waals surface area contributed by atoms with Crippen LogP contribution in [0.1, 0.15) is 58.3 Å².